The molecule has 164 valence electrons. The maximum Gasteiger partial charge on any atom is 0.236 e. The highest BCUT2D eigenvalue weighted by Gasteiger charge is 2.24. The average Bonchev–Trinajstić information content (AvgIpc) is 3.15. The quantitative estimate of drug-likeness (QED) is 0.571. The maximum absolute atomic E-state index is 12.3. The predicted molar refractivity (Wildman–Crippen MR) is 129 cm³/mol. The molecule has 1 unspecified atom stereocenters. The molecule has 1 atom stereocenters. The summed E-state index contributed by atoms with van der Waals surface area (Å²) >= 11 is 6.14. The Morgan fingerprint density at radius 3 is 2.62 bits per heavy atom. The average molecular weight is 447 g/mol. The number of hydrogen-bond donors (Lipinski definition) is 0. The van der Waals surface area contributed by atoms with Crippen LogP contribution in [0.4, 0.5) is 0 Å². The first-order chi connectivity index (χ1) is 15.5. The zero-order valence-corrected chi connectivity index (χ0v) is 19.2. The van der Waals surface area contributed by atoms with E-state index in [-0.39, 0.29) is 5.91 Å². The van der Waals surface area contributed by atoms with Crippen molar-refractivity contribution >= 4 is 28.7 Å². The van der Waals surface area contributed by atoms with Crippen LogP contribution < -0.4 is 0 Å². The Morgan fingerprint density at radius 2 is 1.88 bits per heavy atom. The third-order valence-corrected chi connectivity index (χ3v) is 6.76. The minimum absolute atomic E-state index is 0.159. The van der Waals surface area contributed by atoms with Crippen LogP contribution in [0.1, 0.15) is 24.6 Å². The fourth-order valence-corrected chi connectivity index (χ4v) is 4.66. The fourth-order valence-electron chi connectivity index (χ4n) is 4.53. The van der Waals surface area contributed by atoms with E-state index in [4.69, 9.17) is 16.6 Å². The van der Waals surface area contributed by atoms with Gasteiger partial charge in [-0.3, -0.25) is 9.69 Å². The van der Waals surface area contributed by atoms with Crippen molar-refractivity contribution in [3.05, 3.63) is 77.1 Å². The predicted octanol–water partition coefficient (Wildman–Crippen LogP) is 4.91. The summed E-state index contributed by atoms with van der Waals surface area (Å²) in [6.07, 6.45) is 9.84. The Morgan fingerprint density at radius 1 is 1.09 bits per heavy atom. The van der Waals surface area contributed by atoms with Crippen LogP contribution in [0.3, 0.4) is 0 Å². The van der Waals surface area contributed by atoms with Gasteiger partial charge in [0.05, 0.1) is 17.9 Å². The zero-order chi connectivity index (χ0) is 22.2. The molecule has 0 spiro atoms. The van der Waals surface area contributed by atoms with E-state index in [1.54, 1.807) is 4.90 Å². The lowest BCUT2D eigenvalue weighted by Crippen LogP contribution is -2.48. The molecule has 0 saturated carbocycles. The molecule has 1 fully saturated rings. The number of aromatic nitrogens is 2. The van der Waals surface area contributed by atoms with Gasteiger partial charge in [-0.05, 0) is 47.7 Å². The molecule has 0 bridgehead atoms. The number of allylic oxidation sites excluding steroid dienone is 4. The molecule has 6 heteroatoms. The number of likely N-dealkylation sites (N-methyl/N-ethyl adjacent to an activating group) is 1. The van der Waals surface area contributed by atoms with E-state index in [9.17, 15) is 4.79 Å². The smallest absolute Gasteiger partial charge is 0.236 e. The van der Waals surface area contributed by atoms with Crippen LogP contribution >= 0.6 is 11.6 Å². The standard InChI is InChI=1S/C26H27ClN4O/c1-18-5-3-4-6-22(18)20-9-12-24-28-26(19-7-10-21(27)11-8-19)23(31(24)15-20)16-30-14-13-29(2)25(32)17-30/h3-4,6-12,15,18H,5,13-14,16-17H2,1-2H3. The van der Waals surface area contributed by atoms with Crippen molar-refractivity contribution in [2.75, 3.05) is 26.7 Å². The van der Waals surface area contributed by atoms with Gasteiger partial charge in [0.1, 0.15) is 5.65 Å². The number of imidazole rings is 1. The molecule has 0 N–H and O–H groups in total. The largest absolute Gasteiger partial charge is 0.343 e. The molecule has 2 aromatic heterocycles. The summed E-state index contributed by atoms with van der Waals surface area (Å²) in [5.41, 5.74) is 6.54. The first kappa shape index (κ1) is 21.0. The number of pyridine rings is 1. The molecule has 32 heavy (non-hydrogen) atoms. The Kier molecular flexibility index (Phi) is 5.62. The molecule has 0 radical (unpaired) electrons. The molecule has 1 saturated heterocycles. The summed E-state index contributed by atoms with van der Waals surface area (Å²) in [6, 6.07) is 12.1. The number of benzene rings is 1. The van der Waals surface area contributed by atoms with Gasteiger partial charge in [-0.15, -0.1) is 0 Å². The molecular weight excluding hydrogens is 420 g/mol. The second kappa shape index (κ2) is 8.57. The number of rotatable bonds is 4. The molecule has 1 aromatic carbocycles. The molecular formula is C26H27ClN4O. The van der Waals surface area contributed by atoms with Gasteiger partial charge >= 0.3 is 0 Å². The molecule has 1 amide bonds. The summed E-state index contributed by atoms with van der Waals surface area (Å²) in [7, 11) is 1.87. The summed E-state index contributed by atoms with van der Waals surface area (Å²) < 4.78 is 2.20. The summed E-state index contributed by atoms with van der Waals surface area (Å²) in [6.45, 7) is 4.95. The van der Waals surface area contributed by atoms with E-state index in [0.29, 0.717) is 24.0 Å². The SMILES string of the molecule is CC1CC=CC=C1c1ccc2nc(-c3ccc(Cl)cc3)c(CN3CCN(C)C(=O)C3)n2c1. The monoisotopic (exact) mass is 446 g/mol. The van der Waals surface area contributed by atoms with Gasteiger partial charge in [-0.25, -0.2) is 4.98 Å². The molecule has 1 aliphatic heterocycles. The van der Waals surface area contributed by atoms with Crippen LogP contribution in [0.5, 0.6) is 0 Å². The van der Waals surface area contributed by atoms with Crippen LogP contribution in [0.15, 0.2) is 60.8 Å². The second-order valence-electron chi connectivity index (χ2n) is 8.77. The molecule has 1 aliphatic carbocycles. The van der Waals surface area contributed by atoms with Crippen molar-refractivity contribution in [3.8, 4) is 11.3 Å². The van der Waals surface area contributed by atoms with E-state index in [2.05, 4.69) is 52.8 Å². The topological polar surface area (TPSA) is 40.9 Å². The Balaban J connectivity index is 1.61. The number of amides is 1. The first-order valence-electron chi connectivity index (χ1n) is 11.1. The normalized spacial score (nSPS) is 19.6. The lowest BCUT2D eigenvalue weighted by Gasteiger charge is -2.32. The Labute approximate surface area is 193 Å². The van der Waals surface area contributed by atoms with Crippen LogP contribution in [0.25, 0.3) is 22.5 Å². The third kappa shape index (κ3) is 3.98. The minimum Gasteiger partial charge on any atom is -0.343 e. The zero-order valence-electron chi connectivity index (χ0n) is 18.5. The fraction of sp³-hybridized carbons (Fsp3) is 0.308. The van der Waals surface area contributed by atoms with E-state index in [1.165, 1.54) is 11.1 Å². The van der Waals surface area contributed by atoms with E-state index in [0.717, 1.165) is 42.1 Å². The van der Waals surface area contributed by atoms with Crippen LogP contribution in [0.2, 0.25) is 5.02 Å². The number of carbonyl (C=O) groups excluding carboxylic acids is 1. The number of nitrogens with zero attached hydrogens (tertiary/aromatic N) is 4. The number of carbonyl (C=O) groups is 1. The number of fused-ring (bicyclic) bond motifs is 1. The summed E-state index contributed by atoms with van der Waals surface area (Å²) in [5.74, 6) is 0.641. The number of piperazine rings is 1. The number of hydrogen-bond acceptors (Lipinski definition) is 3. The van der Waals surface area contributed by atoms with Gasteiger partial charge < -0.3 is 9.30 Å². The van der Waals surface area contributed by atoms with Gasteiger partial charge in [0.2, 0.25) is 5.91 Å². The van der Waals surface area contributed by atoms with Gasteiger partial charge in [-0.1, -0.05) is 48.9 Å². The van der Waals surface area contributed by atoms with Crippen molar-refractivity contribution in [2.45, 2.75) is 19.9 Å². The van der Waals surface area contributed by atoms with Crippen molar-refractivity contribution in [3.63, 3.8) is 0 Å². The highest BCUT2D eigenvalue weighted by atomic mass is 35.5. The lowest BCUT2D eigenvalue weighted by atomic mass is 9.89. The van der Waals surface area contributed by atoms with Crippen molar-refractivity contribution < 1.29 is 4.79 Å². The Bertz CT molecular complexity index is 1220. The van der Waals surface area contributed by atoms with Crippen molar-refractivity contribution in [1.82, 2.24) is 19.2 Å². The minimum atomic E-state index is 0.159. The van der Waals surface area contributed by atoms with Gasteiger partial charge in [0.15, 0.2) is 0 Å². The summed E-state index contributed by atoms with van der Waals surface area (Å²) in [4.78, 5) is 21.3. The van der Waals surface area contributed by atoms with Crippen LogP contribution in [0, 0.1) is 5.92 Å². The van der Waals surface area contributed by atoms with E-state index < -0.39 is 0 Å². The van der Waals surface area contributed by atoms with Gasteiger partial charge in [0, 0.05) is 43.5 Å². The van der Waals surface area contributed by atoms with E-state index in [1.807, 2.05) is 31.3 Å². The molecule has 3 aromatic rings. The first-order valence-corrected chi connectivity index (χ1v) is 11.5. The van der Waals surface area contributed by atoms with Gasteiger partial charge in [0.25, 0.3) is 0 Å². The van der Waals surface area contributed by atoms with E-state index >= 15 is 0 Å². The molecule has 5 nitrogen and oxygen atoms in total. The maximum atomic E-state index is 12.3. The third-order valence-electron chi connectivity index (χ3n) is 6.51. The molecule has 3 heterocycles. The molecule has 5 rings (SSSR count). The second-order valence-corrected chi connectivity index (χ2v) is 9.21. The van der Waals surface area contributed by atoms with Crippen LogP contribution in [-0.2, 0) is 11.3 Å². The summed E-state index contributed by atoms with van der Waals surface area (Å²) in [5, 5.41) is 0.706. The van der Waals surface area contributed by atoms with Crippen molar-refractivity contribution in [2.24, 2.45) is 5.92 Å². The number of halogens is 1. The van der Waals surface area contributed by atoms with Crippen molar-refractivity contribution in [1.29, 1.82) is 0 Å². The lowest BCUT2D eigenvalue weighted by molar-refractivity contribution is -0.134. The van der Waals surface area contributed by atoms with Gasteiger partial charge in [-0.2, -0.15) is 0 Å². The van der Waals surface area contributed by atoms with Crippen LogP contribution in [-0.4, -0.2) is 51.8 Å². The Hall–Kier alpha value is -2.89. The molecule has 2 aliphatic rings. The highest BCUT2D eigenvalue weighted by Crippen LogP contribution is 2.32. The highest BCUT2D eigenvalue weighted by molar-refractivity contribution is 6.30.